The Kier molecular flexibility index (Phi) is 3.31. The van der Waals surface area contributed by atoms with Crippen molar-refractivity contribution in [1.82, 2.24) is 9.78 Å². The average Bonchev–Trinajstić information content (AvgIpc) is 2.99. The Morgan fingerprint density at radius 1 is 1.42 bits per heavy atom. The zero-order valence-corrected chi connectivity index (χ0v) is 11.0. The lowest BCUT2D eigenvalue weighted by atomic mass is 9.83. The third-order valence-electron chi connectivity index (χ3n) is 4.42. The molecule has 2 fully saturated rings. The van der Waals surface area contributed by atoms with Crippen LogP contribution in [0.5, 0.6) is 0 Å². The average molecular weight is 264 g/mol. The van der Waals surface area contributed by atoms with Gasteiger partial charge >= 0.3 is 5.97 Å². The normalized spacial score (nSPS) is 25.8. The van der Waals surface area contributed by atoms with Crippen LogP contribution in [-0.2, 0) is 11.3 Å². The lowest BCUT2D eigenvalue weighted by molar-refractivity contribution is -0.0689. The standard InChI is InChI=1S/C14H20N2O3/c17-13(18)12-5-9-15-16(12)10-11-4-8-14(19-11)6-2-1-3-7-14/h5,9,11H,1-4,6-8,10H2,(H,17,18). The van der Waals surface area contributed by atoms with Crippen LogP contribution in [0.15, 0.2) is 12.3 Å². The highest BCUT2D eigenvalue weighted by Crippen LogP contribution is 2.42. The summed E-state index contributed by atoms with van der Waals surface area (Å²) in [4.78, 5) is 11.1. The first-order chi connectivity index (χ1) is 9.19. The van der Waals surface area contributed by atoms with Crippen molar-refractivity contribution >= 4 is 5.97 Å². The monoisotopic (exact) mass is 264 g/mol. The molecule has 1 spiro atoms. The highest BCUT2D eigenvalue weighted by molar-refractivity contribution is 5.85. The maximum absolute atomic E-state index is 11.1. The minimum atomic E-state index is -0.928. The molecule has 1 aliphatic carbocycles. The van der Waals surface area contributed by atoms with E-state index < -0.39 is 5.97 Å². The van der Waals surface area contributed by atoms with Crippen LogP contribution in [0.3, 0.4) is 0 Å². The molecule has 0 bridgehead atoms. The lowest BCUT2D eigenvalue weighted by Crippen LogP contribution is -2.32. The van der Waals surface area contributed by atoms with E-state index in [0.717, 1.165) is 25.7 Å². The van der Waals surface area contributed by atoms with Crippen LogP contribution in [0, 0.1) is 0 Å². The van der Waals surface area contributed by atoms with Crippen LogP contribution in [0.4, 0.5) is 0 Å². The van der Waals surface area contributed by atoms with Gasteiger partial charge in [0.1, 0.15) is 5.69 Å². The van der Waals surface area contributed by atoms with Crippen molar-refractivity contribution in [3.05, 3.63) is 18.0 Å². The number of hydrogen-bond donors (Lipinski definition) is 1. The summed E-state index contributed by atoms with van der Waals surface area (Å²) in [5.41, 5.74) is 0.326. The van der Waals surface area contributed by atoms with Crippen molar-refractivity contribution < 1.29 is 14.6 Å². The number of rotatable bonds is 3. The van der Waals surface area contributed by atoms with E-state index in [2.05, 4.69) is 5.10 Å². The van der Waals surface area contributed by atoms with Crippen molar-refractivity contribution in [2.45, 2.75) is 63.2 Å². The highest BCUT2D eigenvalue weighted by atomic mass is 16.5. The lowest BCUT2D eigenvalue weighted by Gasteiger charge is -2.33. The molecule has 1 aromatic rings. The van der Waals surface area contributed by atoms with Crippen LogP contribution < -0.4 is 0 Å². The highest BCUT2D eigenvalue weighted by Gasteiger charge is 2.41. The SMILES string of the molecule is O=C(O)c1ccnn1CC1CCC2(CCCCC2)O1. The molecule has 1 unspecified atom stereocenters. The molecule has 1 N–H and O–H groups in total. The van der Waals surface area contributed by atoms with Gasteiger partial charge in [-0.3, -0.25) is 4.68 Å². The minimum absolute atomic E-state index is 0.0828. The molecular formula is C14H20N2O3. The van der Waals surface area contributed by atoms with E-state index >= 15 is 0 Å². The van der Waals surface area contributed by atoms with E-state index in [1.165, 1.54) is 31.5 Å². The summed E-state index contributed by atoms with van der Waals surface area (Å²) in [7, 11) is 0. The second-order valence-electron chi connectivity index (χ2n) is 5.73. The first kappa shape index (κ1) is 12.7. The fourth-order valence-electron chi connectivity index (χ4n) is 3.44. The van der Waals surface area contributed by atoms with Crippen LogP contribution in [0.1, 0.15) is 55.4 Å². The molecular weight excluding hydrogens is 244 g/mol. The van der Waals surface area contributed by atoms with Gasteiger partial charge in [-0.25, -0.2) is 4.79 Å². The first-order valence-electron chi connectivity index (χ1n) is 7.11. The largest absolute Gasteiger partial charge is 0.477 e. The van der Waals surface area contributed by atoms with Crippen molar-refractivity contribution in [2.24, 2.45) is 0 Å². The molecule has 3 rings (SSSR count). The van der Waals surface area contributed by atoms with Gasteiger partial charge in [-0.2, -0.15) is 5.10 Å². The van der Waals surface area contributed by atoms with E-state index in [4.69, 9.17) is 9.84 Å². The van der Waals surface area contributed by atoms with Gasteiger partial charge in [0, 0.05) is 6.20 Å². The van der Waals surface area contributed by atoms with Gasteiger partial charge < -0.3 is 9.84 Å². The molecule has 5 heteroatoms. The Bertz CT molecular complexity index is 463. The van der Waals surface area contributed by atoms with Gasteiger partial charge in [0.15, 0.2) is 0 Å². The van der Waals surface area contributed by atoms with Gasteiger partial charge in [-0.1, -0.05) is 19.3 Å². The van der Waals surface area contributed by atoms with Gasteiger partial charge in [0.2, 0.25) is 0 Å². The Morgan fingerprint density at radius 3 is 2.95 bits per heavy atom. The maximum Gasteiger partial charge on any atom is 0.354 e. The van der Waals surface area contributed by atoms with E-state index in [1.807, 2.05) is 0 Å². The number of nitrogens with zero attached hydrogens (tertiary/aromatic N) is 2. The molecule has 1 saturated carbocycles. The van der Waals surface area contributed by atoms with Crippen molar-refractivity contribution in [3.63, 3.8) is 0 Å². The Balaban J connectivity index is 1.65. The summed E-state index contributed by atoms with van der Waals surface area (Å²) in [6.07, 6.45) is 9.93. The number of aromatic carboxylic acids is 1. The Labute approximate surface area is 112 Å². The molecule has 104 valence electrons. The molecule has 2 aliphatic rings. The van der Waals surface area contributed by atoms with Gasteiger partial charge in [0.25, 0.3) is 0 Å². The van der Waals surface area contributed by atoms with Gasteiger partial charge in [-0.15, -0.1) is 0 Å². The second-order valence-corrected chi connectivity index (χ2v) is 5.73. The number of aromatic nitrogens is 2. The third kappa shape index (κ3) is 2.52. The van der Waals surface area contributed by atoms with Crippen molar-refractivity contribution in [1.29, 1.82) is 0 Å². The summed E-state index contributed by atoms with van der Waals surface area (Å²) in [5, 5.41) is 13.2. The molecule has 1 aliphatic heterocycles. The van der Waals surface area contributed by atoms with Crippen molar-refractivity contribution in [2.75, 3.05) is 0 Å². The molecule has 1 atom stereocenters. The third-order valence-corrected chi connectivity index (χ3v) is 4.42. The summed E-state index contributed by atoms with van der Waals surface area (Å²) >= 11 is 0. The molecule has 1 saturated heterocycles. The minimum Gasteiger partial charge on any atom is -0.477 e. The smallest absolute Gasteiger partial charge is 0.354 e. The fourth-order valence-corrected chi connectivity index (χ4v) is 3.44. The zero-order chi connectivity index (χ0) is 13.3. The summed E-state index contributed by atoms with van der Waals surface area (Å²) in [6.45, 7) is 0.552. The van der Waals surface area contributed by atoms with Crippen LogP contribution in [0.25, 0.3) is 0 Å². The van der Waals surface area contributed by atoms with Crippen molar-refractivity contribution in [3.8, 4) is 0 Å². The number of carbonyl (C=O) groups is 1. The van der Waals surface area contributed by atoms with Crippen LogP contribution in [0.2, 0.25) is 0 Å². The first-order valence-corrected chi connectivity index (χ1v) is 7.11. The number of hydrogen-bond acceptors (Lipinski definition) is 3. The van der Waals surface area contributed by atoms with Crippen LogP contribution in [-0.4, -0.2) is 32.6 Å². The van der Waals surface area contributed by atoms with E-state index in [1.54, 1.807) is 4.68 Å². The summed E-state index contributed by atoms with van der Waals surface area (Å²) in [5.74, 6) is -0.928. The molecule has 0 amide bonds. The van der Waals surface area contributed by atoms with Crippen LogP contribution >= 0.6 is 0 Å². The number of carboxylic acids is 1. The zero-order valence-electron chi connectivity index (χ0n) is 11.0. The molecule has 1 aromatic heterocycles. The number of ether oxygens (including phenoxy) is 1. The Morgan fingerprint density at radius 2 is 2.21 bits per heavy atom. The molecule has 0 aromatic carbocycles. The molecule has 0 radical (unpaired) electrons. The second kappa shape index (κ2) is 4.96. The van der Waals surface area contributed by atoms with E-state index in [-0.39, 0.29) is 17.4 Å². The summed E-state index contributed by atoms with van der Waals surface area (Å²) < 4.78 is 7.79. The van der Waals surface area contributed by atoms with Gasteiger partial charge in [0.05, 0.1) is 18.2 Å². The van der Waals surface area contributed by atoms with E-state index in [0.29, 0.717) is 6.54 Å². The van der Waals surface area contributed by atoms with E-state index in [9.17, 15) is 4.79 Å². The van der Waals surface area contributed by atoms with Gasteiger partial charge in [-0.05, 0) is 31.7 Å². The molecule has 5 nitrogen and oxygen atoms in total. The molecule has 19 heavy (non-hydrogen) atoms. The molecule has 2 heterocycles. The fraction of sp³-hybridized carbons (Fsp3) is 0.714. The predicted octanol–water partition coefficient (Wildman–Crippen LogP) is 2.46. The number of carboxylic acid groups (broad SMARTS) is 1. The topological polar surface area (TPSA) is 64.3 Å². The summed E-state index contributed by atoms with van der Waals surface area (Å²) in [6, 6.07) is 1.54. The predicted molar refractivity (Wildman–Crippen MR) is 69.1 cm³/mol. The quantitative estimate of drug-likeness (QED) is 0.910. The maximum atomic E-state index is 11.1. The Hall–Kier alpha value is -1.36.